The molecule has 2 aromatic heterocycles. The summed E-state index contributed by atoms with van der Waals surface area (Å²) < 4.78 is 47.6. The molecule has 1 atom stereocenters. The molecule has 0 bridgehead atoms. The summed E-state index contributed by atoms with van der Waals surface area (Å²) in [4.78, 5) is 41.2. The average molecular weight is 645 g/mol. The quantitative estimate of drug-likeness (QED) is 0.267. The topological polar surface area (TPSA) is 124 Å². The lowest BCUT2D eigenvalue weighted by Gasteiger charge is -2.28. The molecule has 2 aromatic carbocycles. The van der Waals surface area contributed by atoms with Crippen LogP contribution in [0.3, 0.4) is 0 Å². The van der Waals surface area contributed by atoms with Crippen LogP contribution in [0.15, 0.2) is 83.7 Å². The van der Waals surface area contributed by atoms with Gasteiger partial charge < -0.3 is 15.8 Å². The van der Waals surface area contributed by atoms with E-state index in [1.165, 1.54) is 33.5 Å². The van der Waals surface area contributed by atoms with Gasteiger partial charge in [0.2, 0.25) is 11.8 Å². The zero-order valence-electron chi connectivity index (χ0n) is 24.1. The van der Waals surface area contributed by atoms with Gasteiger partial charge in [-0.05, 0) is 36.8 Å². The van der Waals surface area contributed by atoms with Crippen molar-refractivity contribution in [2.75, 3.05) is 38.2 Å². The first-order valence-corrected chi connectivity index (χ1v) is 14.0. The van der Waals surface area contributed by atoms with Crippen molar-refractivity contribution in [3.8, 4) is 22.6 Å². The Morgan fingerprint density at radius 1 is 0.956 bits per heavy atom. The maximum absolute atomic E-state index is 13.2. The van der Waals surface area contributed by atoms with E-state index >= 15 is 0 Å². The number of pyridine rings is 1. The van der Waals surface area contributed by atoms with Crippen molar-refractivity contribution in [2.45, 2.75) is 25.2 Å². The molecule has 238 valence electrons. The van der Waals surface area contributed by atoms with E-state index in [0.29, 0.717) is 50.7 Å². The van der Waals surface area contributed by atoms with Crippen molar-refractivity contribution in [3.63, 3.8) is 0 Å². The third-order valence-electron chi connectivity index (χ3n) is 7.34. The van der Waals surface area contributed by atoms with Gasteiger partial charge >= 0.3 is 6.18 Å². The monoisotopic (exact) mass is 644 g/mol. The Morgan fingerprint density at radius 2 is 1.67 bits per heavy atom. The molecule has 0 saturated carbocycles. The predicted octanol–water partition coefficient (Wildman–Crippen LogP) is 4.21. The molecule has 1 unspecified atom stereocenters. The van der Waals surface area contributed by atoms with Gasteiger partial charge in [0.1, 0.15) is 12.6 Å². The molecule has 5 rings (SSSR count). The standard InChI is InChI=1S/C31H31F3N6O4.ClH/c32-31(33,34)22-8-4-9-23(18-22)36-28(41)20-39-25(10-5-11-29(39)42)27-19-24(21-6-2-1-3-7-21)37-40(27)26(30(35)43)12-13-38-14-16-44-17-15-38;/h1-11,18-19,26H,12-17,20H2,(H2,35,43)(H,36,41);1H. The van der Waals surface area contributed by atoms with Gasteiger partial charge in [0.25, 0.3) is 5.56 Å². The Bertz CT molecular complexity index is 1690. The average Bonchev–Trinajstić information content (AvgIpc) is 3.43. The Hall–Kier alpha value is -4.46. The van der Waals surface area contributed by atoms with Crippen molar-refractivity contribution in [1.82, 2.24) is 19.2 Å². The first-order chi connectivity index (χ1) is 21.1. The van der Waals surface area contributed by atoms with Gasteiger partial charge in [-0.25, -0.2) is 0 Å². The van der Waals surface area contributed by atoms with E-state index in [4.69, 9.17) is 15.6 Å². The van der Waals surface area contributed by atoms with E-state index in [9.17, 15) is 27.6 Å². The summed E-state index contributed by atoms with van der Waals surface area (Å²) in [5.41, 5.74) is 6.33. The molecule has 1 saturated heterocycles. The van der Waals surface area contributed by atoms with Crippen LogP contribution in [0.4, 0.5) is 18.9 Å². The molecular weight excluding hydrogens is 613 g/mol. The Labute approximate surface area is 263 Å². The zero-order valence-corrected chi connectivity index (χ0v) is 24.9. The molecule has 2 amide bonds. The van der Waals surface area contributed by atoms with E-state index in [2.05, 4.69) is 10.2 Å². The number of halogens is 4. The summed E-state index contributed by atoms with van der Waals surface area (Å²) >= 11 is 0. The van der Waals surface area contributed by atoms with Crippen molar-refractivity contribution >= 4 is 29.9 Å². The summed E-state index contributed by atoms with van der Waals surface area (Å²) in [5.74, 6) is -1.33. The number of hydrogen-bond donors (Lipinski definition) is 2. The second-order valence-corrected chi connectivity index (χ2v) is 10.3. The highest BCUT2D eigenvalue weighted by atomic mass is 35.5. The SMILES string of the molecule is Cl.NC(=O)C(CCN1CCOCC1)n1nc(-c2ccccc2)cc1-c1cccc(=O)n1CC(=O)Nc1cccc(C(F)(F)F)c1. The fourth-order valence-electron chi connectivity index (χ4n) is 5.11. The molecule has 1 fully saturated rings. The summed E-state index contributed by atoms with van der Waals surface area (Å²) in [6.07, 6.45) is -4.25. The second-order valence-electron chi connectivity index (χ2n) is 10.3. The second kappa shape index (κ2) is 14.5. The Balaban J connectivity index is 0.00000461. The number of ether oxygens (including phenoxy) is 1. The fraction of sp³-hybridized carbons (Fsp3) is 0.290. The van der Waals surface area contributed by atoms with E-state index < -0.39 is 41.7 Å². The Kier molecular flexibility index (Phi) is 10.8. The van der Waals surface area contributed by atoms with E-state index in [-0.39, 0.29) is 23.8 Å². The highest BCUT2D eigenvalue weighted by Crippen LogP contribution is 2.31. The molecule has 10 nitrogen and oxygen atoms in total. The minimum atomic E-state index is -4.59. The highest BCUT2D eigenvalue weighted by Gasteiger charge is 2.31. The lowest BCUT2D eigenvalue weighted by atomic mass is 10.1. The molecule has 1 aliphatic heterocycles. The van der Waals surface area contributed by atoms with E-state index in [1.807, 2.05) is 30.3 Å². The molecule has 45 heavy (non-hydrogen) atoms. The fourth-order valence-corrected chi connectivity index (χ4v) is 5.11. The maximum atomic E-state index is 13.2. The summed E-state index contributed by atoms with van der Waals surface area (Å²) in [5, 5.41) is 7.18. The van der Waals surface area contributed by atoms with Crippen LogP contribution in [0.1, 0.15) is 18.0 Å². The van der Waals surface area contributed by atoms with Crippen LogP contribution in [0.2, 0.25) is 0 Å². The lowest BCUT2D eigenvalue weighted by Crippen LogP contribution is -2.39. The molecule has 0 spiro atoms. The van der Waals surface area contributed by atoms with Gasteiger partial charge in [-0.3, -0.25) is 28.5 Å². The van der Waals surface area contributed by atoms with Crippen LogP contribution in [0.25, 0.3) is 22.6 Å². The predicted molar refractivity (Wildman–Crippen MR) is 165 cm³/mol. The molecule has 0 radical (unpaired) electrons. The molecule has 1 aliphatic rings. The number of aromatic nitrogens is 3. The van der Waals surface area contributed by atoms with Gasteiger partial charge in [0, 0.05) is 37.0 Å². The molecule has 4 aromatic rings. The molecule has 0 aliphatic carbocycles. The van der Waals surface area contributed by atoms with Crippen molar-refractivity contribution in [2.24, 2.45) is 5.73 Å². The number of primary amides is 1. The summed E-state index contributed by atoms with van der Waals surface area (Å²) in [6, 6.07) is 18.7. The lowest BCUT2D eigenvalue weighted by molar-refractivity contribution is -0.137. The van der Waals surface area contributed by atoms with Crippen LogP contribution in [-0.4, -0.2) is 63.9 Å². The van der Waals surface area contributed by atoms with E-state index in [1.54, 1.807) is 12.1 Å². The van der Waals surface area contributed by atoms with Crippen LogP contribution < -0.4 is 16.6 Å². The van der Waals surface area contributed by atoms with Gasteiger partial charge in [0.15, 0.2) is 0 Å². The molecule has 3 N–H and O–H groups in total. The molecule has 3 heterocycles. The van der Waals surface area contributed by atoms with Crippen molar-refractivity contribution < 1.29 is 27.5 Å². The third-order valence-corrected chi connectivity index (χ3v) is 7.34. The first kappa shape index (κ1) is 33.4. The van der Waals surface area contributed by atoms with Gasteiger partial charge in [0.05, 0.1) is 35.9 Å². The van der Waals surface area contributed by atoms with Gasteiger partial charge in [-0.2, -0.15) is 18.3 Å². The van der Waals surface area contributed by atoms with Crippen molar-refractivity contribution in [3.05, 3.63) is 94.8 Å². The normalized spacial score (nSPS) is 14.4. The summed E-state index contributed by atoms with van der Waals surface area (Å²) in [7, 11) is 0. The number of amides is 2. The number of nitrogens with two attached hydrogens (primary N) is 1. The van der Waals surface area contributed by atoms with Crippen LogP contribution >= 0.6 is 12.4 Å². The number of morpholine rings is 1. The third kappa shape index (κ3) is 8.18. The zero-order chi connectivity index (χ0) is 31.3. The number of hydrogen-bond acceptors (Lipinski definition) is 6. The van der Waals surface area contributed by atoms with E-state index in [0.717, 1.165) is 17.7 Å². The number of nitrogens with zero attached hydrogens (tertiary/aromatic N) is 4. The van der Waals surface area contributed by atoms with Gasteiger partial charge in [-0.15, -0.1) is 12.4 Å². The first-order valence-electron chi connectivity index (χ1n) is 14.0. The number of benzene rings is 2. The van der Waals surface area contributed by atoms with Crippen LogP contribution in [0.5, 0.6) is 0 Å². The highest BCUT2D eigenvalue weighted by molar-refractivity contribution is 5.91. The van der Waals surface area contributed by atoms with Crippen LogP contribution in [0, 0.1) is 0 Å². The number of carbonyl (C=O) groups is 2. The minimum absolute atomic E-state index is 0. The minimum Gasteiger partial charge on any atom is -0.379 e. The van der Waals surface area contributed by atoms with Crippen molar-refractivity contribution in [1.29, 1.82) is 0 Å². The molecular formula is C31H32ClF3N6O4. The summed E-state index contributed by atoms with van der Waals surface area (Å²) in [6.45, 7) is 2.65. The van der Waals surface area contributed by atoms with Gasteiger partial charge in [-0.1, -0.05) is 42.5 Å². The number of rotatable bonds is 10. The van der Waals surface area contributed by atoms with Crippen LogP contribution in [-0.2, 0) is 27.0 Å². The maximum Gasteiger partial charge on any atom is 0.416 e. The largest absolute Gasteiger partial charge is 0.416 e. The number of alkyl halides is 3. The Morgan fingerprint density at radius 3 is 2.36 bits per heavy atom. The number of nitrogens with one attached hydrogen (secondary N) is 1. The smallest absolute Gasteiger partial charge is 0.379 e. The number of carbonyl (C=O) groups excluding carboxylic acids is 2. The molecule has 14 heteroatoms. The number of anilines is 1.